The zero-order valence-electron chi connectivity index (χ0n) is 23.7. The van der Waals surface area contributed by atoms with Crippen LogP contribution in [-0.2, 0) is 23.0 Å². The molecule has 0 aliphatic carbocycles. The fraction of sp³-hybridized carbons (Fsp3) is 0.281. The highest BCUT2D eigenvalue weighted by atomic mass is 32.2. The van der Waals surface area contributed by atoms with Crippen molar-refractivity contribution in [2.24, 2.45) is 5.73 Å². The highest BCUT2D eigenvalue weighted by molar-refractivity contribution is 7.89. The Morgan fingerprint density at radius 2 is 1.67 bits per heavy atom. The second kappa shape index (κ2) is 12.3. The average molecular weight is 603 g/mol. The van der Waals surface area contributed by atoms with Gasteiger partial charge in [-0.15, -0.1) is 0 Å². The normalized spacial score (nSPS) is 19.0. The van der Waals surface area contributed by atoms with Crippen LogP contribution < -0.4 is 26.6 Å². The lowest BCUT2D eigenvalue weighted by atomic mass is 10.1. The van der Waals surface area contributed by atoms with Crippen molar-refractivity contribution in [2.75, 3.05) is 24.5 Å². The Morgan fingerprint density at radius 3 is 2.40 bits per heavy atom. The first kappa shape index (κ1) is 29.1. The Labute approximate surface area is 251 Å². The molecule has 3 heterocycles. The Bertz CT molecular complexity index is 1650. The lowest BCUT2D eigenvalue weighted by Crippen LogP contribution is -2.51. The zero-order chi connectivity index (χ0) is 30.0. The molecule has 0 saturated carbocycles. The molecule has 224 valence electrons. The molecule has 3 aliphatic rings. The van der Waals surface area contributed by atoms with Gasteiger partial charge in [-0.2, -0.15) is 4.31 Å². The Hall–Kier alpha value is -4.03. The fourth-order valence-electron chi connectivity index (χ4n) is 5.76. The molecule has 3 aliphatic heterocycles. The van der Waals surface area contributed by atoms with Crippen molar-refractivity contribution in [1.29, 1.82) is 0 Å². The van der Waals surface area contributed by atoms with Crippen LogP contribution in [0.3, 0.4) is 0 Å². The number of hydrogen-bond donors (Lipinski definition) is 4. The third kappa shape index (κ3) is 6.21. The number of carbonyl (C=O) groups excluding carboxylic acids is 1. The quantitative estimate of drug-likeness (QED) is 0.297. The van der Waals surface area contributed by atoms with Crippen LogP contribution in [0.4, 0.5) is 14.9 Å². The molecular weight excluding hydrogens is 567 g/mol. The predicted octanol–water partition coefficient (Wildman–Crippen LogP) is 3.65. The van der Waals surface area contributed by atoms with Gasteiger partial charge in [0.2, 0.25) is 10.0 Å². The minimum Gasteiger partial charge on any atom is -0.361 e. The van der Waals surface area contributed by atoms with Gasteiger partial charge in [-0.25, -0.2) is 17.6 Å². The summed E-state index contributed by atoms with van der Waals surface area (Å²) in [6.45, 7) is 2.22. The van der Waals surface area contributed by atoms with E-state index < -0.39 is 16.2 Å². The highest BCUT2D eigenvalue weighted by Crippen LogP contribution is 2.30. The van der Waals surface area contributed by atoms with Crippen LogP contribution in [0.25, 0.3) is 5.70 Å². The third-order valence-corrected chi connectivity index (χ3v) is 10.1. The summed E-state index contributed by atoms with van der Waals surface area (Å²) >= 11 is 0. The summed E-state index contributed by atoms with van der Waals surface area (Å²) in [5, 5.41) is 9.61. The van der Waals surface area contributed by atoms with Crippen molar-refractivity contribution in [2.45, 2.75) is 42.9 Å². The molecule has 1 fully saturated rings. The topological polar surface area (TPSA) is 120 Å². The van der Waals surface area contributed by atoms with E-state index in [1.807, 2.05) is 36.4 Å². The number of nitrogens with one attached hydrogen (secondary N) is 3. The molecule has 5 N–H and O–H groups in total. The molecular formula is C32H35FN6O3S. The van der Waals surface area contributed by atoms with Crippen LogP contribution in [0.2, 0.25) is 0 Å². The lowest BCUT2D eigenvalue weighted by molar-refractivity contribution is 0.244. The summed E-state index contributed by atoms with van der Waals surface area (Å²) < 4.78 is 43.3. The number of fused-ring (bicyclic) bond motifs is 1. The number of nitrogens with zero attached hydrogens (tertiary/aromatic N) is 2. The Balaban J connectivity index is 1.25. The Morgan fingerprint density at radius 1 is 0.953 bits per heavy atom. The standard InChI is InChI=1S/C32H35FN6O3S/c33-26-8-4-22(5-9-26)14-17-39(28-12-15-35-16-13-28)43(41,42)29-3-1-2-24(18-29)30-19-25-21-38(32(40)37-31(25)36-30)27-10-6-23(20-34)7-11-27/h1-11,18-19,21,28,31,35-36H,12-17,20,34H2,(H,37,40). The molecule has 11 heteroatoms. The highest BCUT2D eigenvalue weighted by Gasteiger charge is 2.34. The Kier molecular flexibility index (Phi) is 8.31. The summed E-state index contributed by atoms with van der Waals surface area (Å²) in [6.07, 6.45) is 5.21. The number of amides is 2. The van der Waals surface area contributed by atoms with Crippen LogP contribution in [0.15, 0.2) is 95.5 Å². The van der Waals surface area contributed by atoms with E-state index in [2.05, 4.69) is 16.0 Å². The van der Waals surface area contributed by atoms with E-state index in [4.69, 9.17) is 5.73 Å². The molecule has 2 amide bonds. The molecule has 3 aromatic rings. The van der Waals surface area contributed by atoms with Gasteiger partial charge in [0, 0.05) is 36.6 Å². The molecule has 1 saturated heterocycles. The number of carbonyl (C=O) groups is 1. The van der Waals surface area contributed by atoms with Gasteiger partial charge in [0.1, 0.15) is 12.0 Å². The van der Waals surface area contributed by atoms with Gasteiger partial charge >= 0.3 is 6.03 Å². The van der Waals surface area contributed by atoms with Gasteiger partial charge in [-0.1, -0.05) is 36.4 Å². The van der Waals surface area contributed by atoms with Crippen LogP contribution in [0, 0.1) is 5.82 Å². The minimum atomic E-state index is -3.84. The fourth-order valence-corrected chi connectivity index (χ4v) is 7.49. The predicted molar refractivity (Wildman–Crippen MR) is 165 cm³/mol. The van der Waals surface area contributed by atoms with Crippen LogP contribution in [-0.4, -0.2) is 50.6 Å². The number of urea groups is 1. The monoisotopic (exact) mass is 602 g/mol. The second-order valence-electron chi connectivity index (χ2n) is 11.0. The first-order chi connectivity index (χ1) is 20.8. The van der Waals surface area contributed by atoms with Gasteiger partial charge in [0.05, 0.1) is 10.6 Å². The smallest absolute Gasteiger partial charge is 0.327 e. The largest absolute Gasteiger partial charge is 0.361 e. The molecule has 0 bridgehead atoms. The molecule has 3 aromatic carbocycles. The zero-order valence-corrected chi connectivity index (χ0v) is 24.5. The van der Waals surface area contributed by atoms with Crippen LogP contribution in [0.5, 0.6) is 0 Å². The molecule has 43 heavy (non-hydrogen) atoms. The molecule has 0 radical (unpaired) electrons. The number of hydrogen-bond acceptors (Lipinski definition) is 6. The number of rotatable bonds is 9. The maximum absolute atomic E-state index is 14.1. The molecule has 1 unspecified atom stereocenters. The van der Waals surface area contributed by atoms with E-state index in [1.165, 1.54) is 12.1 Å². The number of nitrogens with two attached hydrogens (primary N) is 1. The summed E-state index contributed by atoms with van der Waals surface area (Å²) in [4.78, 5) is 14.7. The van der Waals surface area contributed by atoms with Crippen molar-refractivity contribution < 1.29 is 17.6 Å². The first-order valence-electron chi connectivity index (χ1n) is 14.5. The third-order valence-electron chi connectivity index (χ3n) is 8.16. The van der Waals surface area contributed by atoms with Crippen molar-refractivity contribution in [3.05, 3.63) is 113 Å². The molecule has 6 rings (SSSR count). The van der Waals surface area contributed by atoms with E-state index in [0.717, 1.165) is 42.6 Å². The SMILES string of the molecule is NCc1ccc(N2C=C3C=C(c4cccc(S(=O)(=O)N(CCc5ccc(F)cc5)C5CCNCC5)c4)NC3NC2=O)cc1. The van der Waals surface area contributed by atoms with E-state index in [-0.39, 0.29) is 22.8 Å². The number of anilines is 1. The molecule has 1 atom stereocenters. The van der Waals surface area contributed by atoms with Gasteiger partial charge < -0.3 is 21.7 Å². The van der Waals surface area contributed by atoms with Gasteiger partial charge in [-0.3, -0.25) is 4.90 Å². The van der Waals surface area contributed by atoms with Gasteiger partial charge in [0.15, 0.2) is 0 Å². The summed E-state index contributed by atoms with van der Waals surface area (Å²) in [6, 6.07) is 20.2. The second-order valence-corrected chi connectivity index (χ2v) is 12.8. The lowest BCUT2D eigenvalue weighted by Gasteiger charge is -2.34. The maximum atomic E-state index is 14.1. The summed E-state index contributed by atoms with van der Waals surface area (Å²) in [5.74, 6) is -0.317. The van der Waals surface area contributed by atoms with E-state index in [9.17, 15) is 17.6 Å². The average Bonchev–Trinajstić information content (AvgIpc) is 3.45. The minimum absolute atomic E-state index is 0.132. The number of halogens is 1. The summed E-state index contributed by atoms with van der Waals surface area (Å²) in [7, 11) is -3.84. The number of piperidine rings is 1. The van der Waals surface area contributed by atoms with Crippen molar-refractivity contribution in [3.63, 3.8) is 0 Å². The molecule has 0 aromatic heterocycles. The van der Waals surface area contributed by atoms with Crippen LogP contribution in [0.1, 0.15) is 29.5 Å². The van der Waals surface area contributed by atoms with E-state index in [0.29, 0.717) is 36.5 Å². The molecule has 9 nitrogen and oxygen atoms in total. The number of benzene rings is 3. The first-order valence-corrected chi connectivity index (χ1v) is 15.9. The van der Waals surface area contributed by atoms with Gasteiger partial charge in [-0.05, 0) is 91.5 Å². The van der Waals surface area contributed by atoms with Crippen molar-refractivity contribution in [1.82, 2.24) is 20.3 Å². The maximum Gasteiger partial charge on any atom is 0.327 e. The molecule has 0 spiro atoms. The van der Waals surface area contributed by atoms with E-state index in [1.54, 1.807) is 45.7 Å². The van der Waals surface area contributed by atoms with Gasteiger partial charge in [0.25, 0.3) is 0 Å². The van der Waals surface area contributed by atoms with E-state index >= 15 is 0 Å². The van der Waals surface area contributed by atoms with Crippen molar-refractivity contribution in [3.8, 4) is 0 Å². The number of sulfonamides is 1. The van der Waals surface area contributed by atoms with Crippen molar-refractivity contribution >= 4 is 27.4 Å². The summed E-state index contributed by atoms with van der Waals surface area (Å²) in [5.41, 5.74) is 10.5. The van der Waals surface area contributed by atoms with Crippen LogP contribution >= 0.6 is 0 Å².